The van der Waals surface area contributed by atoms with Gasteiger partial charge in [0.25, 0.3) is 0 Å². The van der Waals surface area contributed by atoms with Crippen molar-refractivity contribution in [3.63, 3.8) is 0 Å². The molecule has 0 unspecified atom stereocenters. The number of benzene rings is 3. The maximum atomic E-state index is 10.6. The highest BCUT2D eigenvalue weighted by Gasteiger charge is 2.19. The quantitative estimate of drug-likeness (QED) is 0.792. The first-order valence-electron chi connectivity index (χ1n) is 8.25. The smallest absolute Gasteiger partial charge is 0.0917 e. The van der Waals surface area contributed by atoms with Crippen molar-refractivity contribution in [2.75, 3.05) is 13.1 Å². The first-order valence-corrected chi connectivity index (χ1v) is 8.25. The summed E-state index contributed by atoms with van der Waals surface area (Å²) in [5.41, 5.74) is 3.84. The summed E-state index contributed by atoms with van der Waals surface area (Å²) in [5.74, 6) is 0. The maximum absolute atomic E-state index is 10.6. The molecule has 1 heterocycles. The maximum Gasteiger partial charge on any atom is 0.0917 e. The Bertz CT molecular complexity index is 827. The third-order valence-corrected chi connectivity index (χ3v) is 4.80. The summed E-state index contributed by atoms with van der Waals surface area (Å²) >= 11 is 0. The molecule has 1 aliphatic rings. The van der Waals surface area contributed by atoms with Crippen LogP contribution in [-0.4, -0.2) is 23.1 Å². The highest BCUT2D eigenvalue weighted by Crippen LogP contribution is 2.24. The molecule has 0 saturated heterocycles. The van der Waals surface area contributed by atoms with E-state index in [0.717, 1.165) is 25.1 Å². The highest BCUT2D eigenvalue weighted by atomic mass is 16.3. The lowest BCUT2D eigenvalue weighted by molar-refractivity contribution is 0.106. The second-order valence-electron chi connectivity index (χ2n) is 6.38. The Morgan fingerprint density at radius 1 is 0.870 bits per heavy atom. The fourth-order valence-electron chi connectivity index (χ4n) is 3.48. The van der Waals surface area contributed by atoms with Crippen LogP contribution in [0.1, 0.15) is 22.8 Å². The van der Waals surface area contributed by atoms with Crippen LogP contribution in [0.25, 0.3) is 10.8 Å². The van der Waals surface area contributed by atoms with Gasteiger partial charge >= 0.3 is 0 Å². The lowest BCUT2D eigenvalue weighted by Crippen LogP contribution is -2.33. The van der Waals surface area contributed by atoms with Crippen molar-refractivity contribution in [1.29, 1.82) is 0 Å². The molecule has 0 fully saturated rings. The predicted molar refractivity (Wildman–Crippen MR) is 94.3 cm³/mol. The van der Waals surface area contributed by atoms with E-state index in [1.165, 1.54) is 21.9 Å². The Hall–Kier alpha value is -2.16. The van der Waals surface area contributed by atoms with Gasteiger partial charge in [0.1, 0.15) is 0 Å². The van der Waals surface area contributed by atoms with E-state index in [9.17, 15) is 5.11 Å². The van der Waals surface area contributed by atoms with Gasteiger partial charge in [-0.1, -0.05) is 60.7 Å². The molecule has 0 bridgehead atoms. The van der Waals surface area contributed by atoms with Crippen molar-refractivity contribution < 1.29 is 5.11 Å². The van der Waals surface area contributed by atoms with Gasteiger partial charge in [0.2, 0.25) is 0 Å². The molecule has 0 saturated carbocycles. The van der Waals surface area contributed by atoms with Gasteiger partial charge in [-0.2, -0.15) is 0 Å². The zero-order chi connectivity index (χ0) is 15.6. The largest absolute Gasteiger partial charge is 0.387 e. The van der Waals surface area contributed by atoms with Gasteiger partial charge in [-0.15, -0.1) is 0 Å². The fraction of sp³-hybridized carbons (Fsp3) is 0.238. The normalized spacial score (nSPS) is 16.2. The average molecular weight is 303 g/mol. The van der Waals surface area contributed by atoms with Gasteiger partial charge in [0.15, 0.2) is 0 Å². The van der Waals surface area contributed by atoms with E-state index >= 15 is 0 Å². The molecule has 4 rings (SSSR count). The van der Waals surface area contributed by atoms with Crippen molar-refractivity contribution in [1.82, 2.24) is 4.90 Å². The summed E-state index contributed by atoms with van der Waals surface area (Å²) in [6, 6.07) is 23.2. The summed E-state index contributed by atoms with van der Waals surface area (Å²) in [7, 11) is 0. The molecule has 3 aromatic rings. The number of rotatable bonds is 3. The highest BCUT2D eigenvalue weighted by molar-refractivity contribution is 5.83. The van der Waals surface area contributed by atoms with E-state index in [-0.39, 0.29) is 0 Å². The molecule has 0 aromatic heterocycles. The number of fused-ring (bicyclic) bond motifs is 2. The first kappa shape index (κ1) is 14.4. The molecule has 0 radical (unpaired) electrons. The van der Waals surface area contributed by atoms with Crippen molar-refractivity contribution in [2.45, 2.75) is 19.1 Å². The summed E-state index contributed by atoms with van der Waals surface area (Å²) < 4.78 is 0. The molecule has 1 N–H and O–H groups in total. The van der Waals surface area contributed by atoms with Gasteiger partial charge in [-0.25, -0.2) is 0 Å². The molecular formula is C21H21NO. The predicted octanol–water partition coefficient (Wildman–Crippen LogP) is 3.93. The van der Waals surface area contributed by atoms with Crippen LogP contribution in [0.2, 0.25) is 0 Å². The van der Waals surface area contributed by atoms with Crippen molar-refractivity contribution in [3.8, 4) is 0 Å². The molecule has 2 heteroatoms. The van der Waals surface area contributed by atoms with E-state index in [1.54, 1.807) is 0 Å². The Morgan fingerprint density at radius 2 is 1.61 bits per heavy atom. The van der Waals surface area contributed by atoms with Gasteiger partial charge in [-0.05, 0) is 39.9 Å². The minimum Gasteiger partial charge on any atom is -0.387 e. The summed E-state index contributed by atoms with van der Waals surface area (Å²) in [5, 5.41) is 13.0. The van der Waals surface area contributed by atoms with Crippen molar-refractivity contribution >= 4 is 10.8 Å². The average Bonchev–Trinajstić information content (AvgIpc) is 2.61. The summed E-state index contributed by atoms with van der Waals surface area (Å²) in [6.45, 7) is 2.63. The Morgan fingerprint density at radius 3 is 2.48 bits per heavy atom. The van der Waals surface area contributed by atoms with Gasteiger partial charge in [-0.3, -0.25) is 4.90 Å². The Labute approximate surface area is 137 Å². The lowest BCUT2D eigenvalue weighted by Gasteiger charge is -2.30. The van der Waals surface area contributed by atoms with Crippen LogP contribution in [0.3, 0.4) is 0 Å². The minimum atomic E-state index is -0.440. The zero-order valence-corrected chi connectivity index (χ0v) is 13.2. The first-order chi connectivity index (χ1) is 11.3. The van der Waals surface area contributed by atoms with Crippen LogP contribution in [0.5, 0.6) is 0 Å². The Balaban J connectivity index is 1.50. The van der Waals surface area contributed by atoms with Crippen LogP contribution in [0.4, 0.5) is 0 Å². The molecule has 0 amide bonds. The van der Waals surface area contributed by atoms with Crippen LogP contribution in [0.15, 0.2) is 66.7 Å². The number of aliphatic hydroxyl groups excluding tert-OH is 1. The number of β-amino-alcohol motifs (C(OH)–C–C–N with tert-alkyl or cyclic N) is 1. The van der Waals surface area contributed by atoms with E-state index in [1.807, 2.05) is 18.2 Å². The SMILES string of the molecule is O[C@@H](CN1CCc2ccccc2C1)c1ccc2ccccc2c1. The standard InChI is InChI=1S/C21H21NO/c23-21(19-10-9-16-5-1-3-7-18(16)13-19)15-22-12-11-17-6-2-4-8-20(17)14-22/h1-10,13,21,23H,11-12,14-15H2/t21-/m0/s1. The van der Waals surface area contributed by atoms with Crippen LogP contribution in [-0.2, 0) is 13.0 Å². The molecular weight excluding hydrogens is 282 g/mol. The lowest BCUT2D eigenvalue weighted by atomic mass is 9.98. The van der Waals surface area contributed by atoms with Crippen LogP contribution < -0.4 is 0 Å². The second kappa shape index (κ2) is 6.15. The third kappa shape index (κ3) is 3.00. The third-order valence-electron chi connectivity index (χ3n) is 4.80. The van der Waals surface area contributed by atoms with Gasteiger partial charge < -0.3 is 5.11 Å². The number of nitrogens with zero attached hydrogens (tertiary/aromatic N) is 1. The van der Waals surface area contributed by atoms with E-state index in [4.69, 9.17) is 0 Å². The van der Waals surface area contributed by atoms with E-state index in [0.29, 0.717) is 6.54 Å². The van der Waals surface area contributed by atoms with Gasteiger partial charge in [0.05, 0.1) is 6.10 Å². The molecule has 116 valence electrons. The number of aliphatic hydroxyl groups is 1. The molecule has 2 nitrogen and oxygen atoms in total. The topological polar surface area (TPSA) is 23.5 Å². The summed E-state index contributed by atoms with van der Waals surface area (Å²) in [6.07, 6.45) is 0.630. The summed E-state index contributed by atoms with van der Waals surface area (Å²) in [4.78, 5) is 2.35. The molecule has 0 aliphatic carbocycles. The Kier molecular flexibility index (Phi) is 3.86. The van der Waals surface area contributed by atoms with E-state index in [2.05, 4.69) is 53.4 Å². The van der Waals surface area contributed by atoms with Gasteiger partial charge in [0, 0.05) is 19.6 Å². The van der Waals surface area contributed by atoms with E-state index < -0.39 is 6.10 Å². The van der Waals surface area contributed by atoms with Crippen LogP contribution >= 0.6 is 0 Å². The minimum absolute atomic E-state index is 0.440. The van der Waals surface area contributed by atoms with Crippen molar-refractivity contribution in [3.05, 3.63) is 83.4 Å². The number of hydrogen-bond donors (Lipinski definition) is 1. The molecule has 1 atom stereocenters. The monoisotopic (exact) mass is 303 g/mol. The molecule has 23 heavy (non-hydrogen) atoms. The molecule has 3 aromatic carbocycles. The number of hydrogen-bond acceptors (Lipinski definition) is 2. The van der Waals surface area contributed by atoms with Crippen molar-refractivity contribution in [2.24, 2.45) is 0 Å². The molecule has 1 aliphatic heterocycles. The fourth-order valence-corrected chi connectivity index (χ4v) is 3.48. The molecule has 0 spiro atoms. The van der Waals surface area contributed by atoms with Crippen LogP contribution in [0, 0.1) is 0 Å². The second-order valence-corrected chi connectivity index (χ2v) is 6.38. The zero-order valence-electron chi connectivity index (χ0n) is 13.2.